The number of hydrogen-bond acceptors (Lipinski definition) is 7. The SMILES string of the molecule is C[C@]1(CN2Cc3nc(-c4ccc(C(F)(F)F)cc4)sc3C2)Cn2cc([N+](=O)[O-])nc2O1.S. The van der Waals surface area contributed by atoms with Crippen molar-refractivity contribution < 1.29 is 22.8 Å². The van der Waals surface area contributed by atoms with Gasteiger partial charge in [0.25, 0.3) is 0 Å². The number of aromatic nitrogens is 3. The Balaban J connectivity index is 0.00000245. The van der Waals surface area contributed by atoms with Crippen LogP contribution >= 0.6 is 24.8 Å². The molecule has 0 bridgehead atoms. The fourth-order valence-electron chi connectivity index (χ4n) is 3.97. The van der Waals surface area contributed by atoms with E-state index in [1.807, 2.05) is 6.92 Å². The van der Waals surface area contributed by atoms with Crippen molar-refractivity contribution in [1.29, 1.82) is 0 Å². The first-order chi connectivity index (χ1) is 14.6. The van der Waals surface area contributed by atoms with E-state index in [9.17, 15) is 23.3 Å². The first kappa shape index (κ1) is 22.6. The summed E-state index contributed by atoms with van der Waals surface area (Å²) in [7, 11) is 0. The number of imidazole rings is 1. The van der Waals surface area contributed by atoms with Crippen LogP contribution in [0.15, 0.2) is 30.5 Å². The molecule has 2 aliphatic heterocycles. The highest BCUT2D eigenvalue weighted by molar-refractivity contribution is 7.59. The predicted octanol–water partition coefficient (Wildman–Crippen LogP) is 4.21. The second-order valence-electron chi connectivity index (χ2n) is 7.93. The van der Waals surface area contributed by atoms with Gasteiger partial charge in [0.1, 0.15) is 16.8 Å². The van der Waals surface area contributed by atoms with Crippen LogP contribution in [0.2, 0.25) is 0 Å². The van der Waals surface area contributed by atoms with E-state index >= 15 is 0 Å². The van der Waals surface area contributed by atoms with Crippen molar-refractivity contribution in [2.75, 3.05) is 6.54 Å². The van der Waals surface area contributed by atoms with Gasteiger partial charge in [0.15, 0.2) is 0 Å². The van der Waals surface area contributed by atoms with Crippen LogP contribution in [0.5, 0.6) is 6.01 Å². The summed E-state index contributed by atoms with van der Waals surface area (Å²) < 4.78 is 45.8. The smallest absolute Gasteiger partial charge is 0.416 e. The number of halogens is 3. The average molecular weight is 486 g/mol. The molecule has 170 valence electrons. The summed E-state index contributed by atoms with van der Waals surface area (Å²) in [4.78, 5) is 22.1. The molecule has 13 heteroatoms. The Labute approximate surface area is 191 Å². The van der Waals surface area contributed by atoms with Crippen molar-refractivity contribution in [1.82, 2.24) is 19.4 Å². The van der Waals surface area contributed by atoms with E-state index in [-0.39, 0.29) is 25.3 Å². The van der Waals surface area contributed by atoms with Gasteiger partial charge in [0, 0.05) is 35.1 Å². The lowest BCUT2D eigenvalue weighted by Gasteiger charge is -2.27. The van der Waals surface area contributed by atoms with Gasteiger partial charge in [-0.3, -0.25) is 9.47 Å². The molecule has 4 heterocycles. The molecule has 0 saturated heterocycles. The van der Waals surface area contributed by atoms with Crippen LogP contribution in [0.3, 0.4) is 0 Å². The molecule has 32 heavy (non-hydrogen) atoms. The van der Waals surface area contributed by atoms with Crippen molar-refractivity contribution in [2.24, 2.45) is 0 Å². The summed E-state index contributed by atoms with van der Waals surface area (Å²) in [6.45, 7) is 4.24. The number of fused-ring (bicyclic) bond motifs is 2. The van der Waals surface area contributed by atoms with Crippen molar-refractivity contribution in [2.45, 2.75) is 38.3 Å². The average Bonchev–Trinajstić information content (AvgIpc) is 3.39. The van der Waals surface area contributed by atoms with E-state index < -0.39 is 22.3 Å². The van der Waals surface area contributed by atoms with Crippen LogP contribution < -0.4 is 4.74 Å². The van der Waals surface area contributed by atoms with Crippen molar-refractivity contribution in [3.8, 4) is 16.6 Å². The van der Waals surface area contributed by atoms with Crippen LogP contribution in [-0.4, -0.2) is 36.5 Å². The Morgan fingerprint density at radius 3 is 2.56 bits per heavy atom. The zero-order valence-corrected chi connectivity index (χ0v) is 18.5. The Hall–Kier alpha value is -2.64. The Bertz CT molecular complexity index is 1130. The second-order valence-corrected chi connectivity index (χ2v) is 9.01. The number of ether oxygens (including phenoxy) is 1. The third-order valence-electron chi connectivity index (χ3n) is 5.29. The number of rotatable bonds is 4. The molecule has 0 spiro atoms. The summed E-state index contributed by atoms with van der Waals surface area (Å²) in [5.74, 6) is -0.236. The van der Waals surface area contributed by atoms with Gasteiger partial charge in [-0.25, -0.2) is 4.98 Å². The summed E-state index contributed by atoms with van der Waals surface area (Å²) in [5.41, 5.74) is 0.329. The molecule has 0 unspecified atom stereocenters. The molecule has 0 amide bonds. The molecule has 1 atom stereocenters. The van der Waals surface area contributed by atoms with Gasteiger partial charge in [-0.2, -0.15) is 26.7 Å². The van der Waals surface area contributed by atoms with Gasteiger partial charge < -0.3 is 14.9 Å². The van der Waals surface area contributed by atoms with Gasteiger partial charge in [-0.1, -0.05) is 12.1 Å². The molecule has 0 saturated carbocycles. The van der Waals surface area contributed by atoms with Crippen molar-refractivity contribution >= 4 is 30.7 Å². The van der Waals surface area contributed by atoms with E-state index in [0.29, 0.717) is 36.8 Å². The minimum absolute atomic E-state index is 0. The lowest BCUT2D eigenvalue weighted by atomic mass is 10.1. The maximum atomic E-state index is 12.8. The third kappa shape index (κ3) is 4.07. The quantitative estimate of drug-likeness (QED) is 0.407. The minimum Gasteiger partial charge on any atom is -0.436 e. The molecule has 0 radical (unpaired) electrons. The normalized spacial score (nSPS) is 19.9. The lowest BCUT2D eigenvalue weighted by molar-refractivity contribution is -0.389. The Morgan fingerprint density at radius 1 is 1.25 bits per heavy atom. The molecule has 5 rings (SSSR count). The van der Waals surface area contributed by atoms with E-state index in [1.165, 1.54) is 29.7 Å². The van der Waals surface area contributed by atoms with Crippen LogP contribution in [0.4, 0.5) is 19.0 Å². The zero-order valence-electron chi connectivity index (χ0n) is 16.7. The molecular formula is C19H18F3N5O3S2. The van der Waals surface area contributed by atoms with Crippen LogP contribution in [0.1, 0.15) is 23.1 Å². The molecule has 0 N–H and O–H groups in total. The topological polar surface area (TPSA) is 86.3 Å². The van der Waals surface area contributed by atoms with Gasteiger partial charge in [-0.05, 0) is 24.0 Å². The molecule has 0 fully saturated rings. The van der Waals surface area contributed by atoms with E-state index in [4.69, 9.17) is 4.74 Å². The number of hydrogen-bond donors (Lipinski definition) is 0. The molecule has 2 aliphatic rings. The maximum absolute atomic E-state index is 12.8. The summed E-state index contributed by atoms with van der Waals surface area (Å²) in [6.07, 6.45) is -2.98. The molecule has 8 nitrogen and oxygen atoms in total. The van der Waals surface area contributed by atoms with Gasteiger partial charge in [0.2, 0.25) is 0 Å². The largest absolute Gasteiger partial charge is 0.436 e. The molecule has 0 aliphatic carbocycles. The number of nitrogens with zero attached hydrogens (tertiary/aromatic N) is 5. The summed E-state index contributed by atoms with van der Waals surface area (Å²) in [6, 6.07) is 5.27. The van der Waals surface area contributed by atoms with Crippen LogP contribution in [0, 0.1) is 10.1 Å². The third-order valence-corrected chi connectivity index (χ3v) is 6.42. The molecule has 3 aromatic rings. The highest BCUT2D eigenvalue weighted by Crippen LogP contribution is 2.38. The fourth-order valence-corrected chi connectivity index (χ4v) is 5.09. The predicted molar refractivity (Wildman–Crippen MR) is 115 cm³/mol. The standard InChI is InChI=1S/C19H16F3N5O3S.H2S/c1-18(10-26-8-15(27(28)29)24-17(26)30-18)9-25-6-13-14(7-25)31-16(23-13)11-2-4-12(5-3-11)19(20,21)22;/h2-5,8H,6-7,9-10H2,1H3;1H2/t18-;/m0./s1. The molecular weight excluding hydrogens is 467 g/mol. The van der Waals surface area contributed by atoms with Crippen LogP contribution in [0.25, 0.3) is 10.6 Å². The van der Waals surface area contributed by atoms with Gasteiger partial charge >= 0.3 is 18.0 Å². The monoisotopic (exact) mass is 485 g/mol. The maximum Gasteiger partial charge on any atom is 0.416 e. The molecule has 1 aromatic carbocycles. The van der Waals surface area contributed by atoms with Crippen LogP contribution in [-0.2, 0) is 25.8 Å². The first-order valence-electron chi connectivity index (χ1n) is 9.39. The Morgan fingerprint density at radius 2 is 1.97 bits per heavy atom. The van der Waals surface area contributed by atoms with Crippen molar-refractivity contribution in [3.63, 3.8) is 0 Å². The number of alkyl halides is 3. The zero-order chi connectivity index (χ0) is 22.0. The Kier molecular flexibility index (Phi) is 5.46. The summed E-state index contributed by atoms with van der Waals surface area (Å²) >= 11 is 1.48. The van der Waals surface area contributed by atoms with E-state index in [1.54, 1.807) is 4.57 Å². The summed E-state index contributed by atoms with van der Waals surface area (Å²) in [5, 5.41) is 11.5. The van der Waals surface area contributed by atoms with Gasteiger partial charge in [0.05, 0.1) is 17.8 Å². The number of thiazole rings is 1. The number of nitro groups is 1. The molecule has 2 aromatic heterocycles. The van der Waals surface area contributed by atoms with Gasteiger partial charge in [-0.15, -0.1) is 11.3 Å². The number of benzene rings is 1. The first-order valence-corrected chi connectivity index (χ1v) is 10.2. The second kappa shape index (κ2) is 7.74. The van der Waals surface area contributed by atoms with E-state index in [0.717, 1.165) is 22.7 Å². The minimum atomic E-state index is -4.36. The highest BCUT2D eigenvalue weighted by Gasteiger charge is 2.42. The highest BCUT2D eigenvalue weighted by atomic mass is 32.1. The van der Waals surface area contributed by atoms with E-state index in [2.05, 4.69) is 14.9 Å². The van der Waals surface area contributed by atoms with Crippen molar-refractivity contribution in [3.05, 3.63) is 56.7 Å². The lowest BCUT2D eigenvalue weighted by Crippen LogP contribution is -2.43. The fraction of sp³-hybridized carbons (Fsp3) is 0.368.